The van der Waals surface area contributed by atoms with Crippen molar-refractivity contribution < 1.29 is 27.4 Å². The number of methoxy groups -OCH3 is 2. The second-order valence-corrected chi connectivity index (χ2v) is 10.3. The molecule has 0 unspecified atom stereocenters. The molecule has 202 valence electrons. The van der Waals surface area contributed by atoms with E-state index in [9.17, 15) is 13.2 Å². The van der Waals surface area contributed by atoms with Crippen molar-refractivity contribution in [1.82, 2.24) is 5.32 Å². The Kier molecular flexibility index (Phi) is 9.06. The van der Waals surface area contributed by atoms with Crippen LogP contribution in [0.3, 0.4) is 0 Å². The largest absolute Gasteiger partial charge is 0.497 e. The van der Waals surface area contributed by atoms with Crippen LogP contribution in [0.2, 0.25) is 0 Å². The zero-order valence-corrected chi connectivity index (χ0v) is 22.6. The molecule has 1 N–H and O–H groups in total. The number of sulfonamides is 1. The molecular weight excluding hydrogens is 516 g/mol. The summed E-state index contributed by atoms with van der Waals surface area (Å²) in [6, 6.07) is 29.2. The Labute approximate surface area is 228 Å². The van der Waals surface area contributed by atoms with Crippen molar-refractivity contribution in [3.63, 3.8) is 0 Å². The number of para-hydroxylation sites is 1. The summed E-state index contributed by atoms with van der Waals surface area (Å²) in [6.45, 7) is 0.478. The zero-order valence-electron chi connectivity index (χ0n) is 21.7. The Morgan fingerprint density at radius 2 is 1.44 bits per heavy atom. The quantitative estimate of drug-likeness (QED) is 0.254. The van der Waals surface area contributed by atoms with Gasteiger partial charge in [-0.2, -0.15) is 0 Å². The van der Waals surface area contributed by atoms with E-state index in [1.165, 1.54) is 23.5 Å². The Morgan fingerprint density at radius 3 is 2.15 bits per heavy atom. The van der Waals surface area contributed by atoms with Gasteiger partial charge in [0.15, 0.2) is 0 Å². The molecular formula is C30H30N2O6S. The van der Waals surface area contributed by atoms with Gasteiger partial charge in [-0.15, -0.1) is 0 Å². The van der Waals surface area contributed by atoms with Crippen molar-refractivity contribution in [2.24, 2.45) is 0 Å². The first-order valence-corrected chi connectivity index (χ1v) is 13.7. The topological polar surface area (TPSA) is 94.2 Å². The molecule has 0 aliphatic carbocycles. The maximum absolute atomic E-state index is 13.9. The van der Waals surface area contributed by atoms with Crippen LogP contribution in [-0.4, -0.2) is 41.7 Å². The molecule has 0 atom stereocenters. The molecule has 0 heterocycles. The smallest absolute Gasteiger partial charge is 0.264 e. The van der Waals surface area contributed by atoms with Crippen LogP contribution < -0.4 is 23.8 Å². The highest BCUT2D eigenvalue weighted by atomic mass is 32.2. The van der Waals surface area contributed by atoms with Gasteiger partial charge in [0.1, 0.15) is 23.9 Å². The fourth-order valence-corrected chi connectivity index (χ4v) is 5.40. The van der Waals surface area contributed by atoms with E-state index in [-0.39, 0.29) is 35.8 Å². The molecule has 39 heavy (non-hydrogen) atoms. The number of benzene rings is 4. The van der Waals surface area contributed by atoms with Crippen molar-refractivity contribution >= 4 is 21.6 Å². The Hall–Kier alpha value is -4.50. The summed E-state index contributed by atoms with van der Waals surface area (Å²) in [4.78, 5) is 13.3. The number of ether oxygens (including phenoxy) is 3. The number of nitrogens with zero attached hydrogens (tertiary/aromatic N) is 1. The molecule has 0 radical (unpaired) electrons. The Bertz CT molecular complexity index is 1490. The molecule has 4 aromatic rings. The summed E-state index contributed by atoms with van der Waals surface area (Å²) in [7, 11) is -0.948. The van der Waals surface area contributed by atoms with Gasteiger partial charge in [0.2, 0.25) is 0 Å². The second-order valence-electron chi connectivity index (χ2n) is 8.47. The van der Waals surface area contributed by atoms with Gasteiger partial charge in [-0.1, -0.05) is 48.5 Å². The number of amides is 1. The van der Waals surface area contributed by atoms with E-state index in [4.69, 9.17) is 14.2 Å². The van der Waals surface area contributed by atoms with Gasteiger partial charge in [0.25, 0.3) is 15.9 Å². The maximum atomic E-state index is 13.9. The molecule has 1 amide bonds. The van der Waals surface area contributed by atoms with E-state index in [2.05, 4.69) is 5.32 Å². The van der Waals surface area contributed by atoms with Gasteiger partial charge < -0.3 is 19.5 Å². The predicted molar refractivity (Wildman–Crippen MR) is 150 cm³/mol. The van der Waals surface area contributed by atoms with Crippen LogP contribution >= 0.6 is 0 Å². The molecule has 0 fully saturated rings. The summed E-state index contributed by atoms with van der Waals surface area (Å²) in [5.74, 6) is 1.41. The number of hydrogen-bond donors (Lipinski definition) is 1. The van der Waals surface area contributed by atoms with Crippen LogP contribution in [-0.2, 0) is 16.6 Å². The summed E-state index contributed by atoms with van der Waals surface area (Å²) in [5.41, 5.74) is 1.27. The summed E-state index contributed by atoms with van der Waals surface area (Å²) in [6.07, 6.45) is 0. The van der Waals surface area contributed by atoms with Gasteiger partial charge in [0, 0.05) is 6.07 Å². The number of hydrogen-bond acceptors (Lipinski definition) is 6. The number of carbonyl (C=O) groups is 1. The van der Waals surface area contributed by atoms with Crippen molar-refractivity contribution in [1.29, 1.82) is 0 Å². The molecule has 0 aromatic heterocycles. The van der Waals surface area contributed by atoms with Crippen molar-refractivity contribution in [2.45, 2.75) is 11.4 Å². The first-order valence-electron chi connectivity index (χ1n) is 12.3. The maximum Gasteiger partial charge on any atom is 0.264 e. The average molecular weight is 547 g/mol. The monoisotopic (exact) mass is 546 g/mol. The first-order chi connectivity index (χ1) is 18.9. The van der Waals surface area contributed by atoms with E-state index in [1.807, 2.05) is 42.5 Å². The van der Waals surface area contributed by atoms with Gasteiger partial charge in [-0.25, -0.2) is 8.42 Å². The fraction of sp³-hybridized carbons (Fsp3) is 0.167. The summed E-state index contributed by atoms with van der Waals surface area (Å²) < 4.78 is 45.2. The minimum atomic E-state index is -4.04. The third kappa shape index (κ3) is 6.88. The lowest BCUT2D eigenvalue weighted by molar-refractivity contribution is 0.0947. The molecule has 0 aliphatic heterocycles. The predicted octanol–water partition coefficient (Wildman–Crippen LogP) is 4.91. The minimum Gasteiger partial charge on any atom is -0.497 e. The number of anilines is 1. The SMILES string of the molecule is COc1ccc(S(=O)(=O)N(Cc2ccccc2)c2ccccc2C(=O)NCCOc2cccc(OC)c2)cc1. The van der Waals surface area contributed by atoms with Crippen LogP contribution in [0.5, 0.6) is 17.2 Å². The molecule has 0 saturated heterocycles. The molecule has 4 rings (SSSR count). The van der Waals surface area contributed by atoms with E-state index in [0.29, 0.717) is 17.2 Å². The van der Waals surface area contributed by atoms with E-state index < -0.39 is 15.9 Å². The summed E-state index contributed by atoms with van der Waals surface area (Å²) in [5, 5.41) is 2.83. The molecule has 9 heteroatoms. The number of rotatable bonds is 12. The lowest BCUT2D eigenvalue weighted by Gasteiger charge is -2.26. The normalized spacial score (nSPS) is 10.9. The van der Waals surface area contributed by atoms with E-state index >= 15 is 0 Å². The van der Waals surface area contributed by atoms with Crippen molar-refractivity contribution in [3.8, 4) is 17.2 Å². The van der Waals surface area contributed by atoms with Crippen LogP contribution in [0, 0.1) is 0 Å². The summed E-state index contributed by atoms with van der Waals surface area (Å²) >= 11 is 0. The highest BCUT2D eigenvalue weighted by Crippen LogP contribution is 2.30. The lowest BCUT2D eigenvalue weighted by Crippen LogP contribution is -2.34. The average Bonchev–Trinajstić information content (AvgIpc) is 2.98. The lowest BCUT2D eigenvalue weighted by atomic mass is 10.1. The van der Waals surface area contributed by atoms with Crippen molar-refractivity contribution in [2.75, 3.05) is 31.7 Å². The molecule has 0 spiro atoms. The van der Waals surface area contributed by atoms with Gasteiger partial charge >= 0.3 is 0 Å². The van der Waals surface area contributed by atoms with Crippen LogP contribution in [0.15, 0.2) is 108 Å². The number of nitrogens with one attached hydrogen (secondary N) is 1. The highest BCUT2D eigenvalue weighted by Gasteiger charge is 2.28. The molecule has 8 nitrogen and oxygen atoms in total. The molecule has 0 aliphatic rings. The first kappa shape index (κ1) is 27.5. The van der Waals surface area contributed by atoms with E-state index in [1.54, 1.807) is 55.6 Å². The standard InChI is InChI=1S/C30H30N2O6S/c1-36-24-15-17-27(18-16-24)39(34,35)32(22-23-9-4-3-5-10-23)29-14-7-6-13-28(29)30(33)31-19-20-38-26-12-8-11-25(21-26)37-2/h3-18,21H,19-20,22H2,1-2H3,(H,31,33). The van der Waals surface area contributed by atoms with Gasteiger partial charge in [-0.3, -0.25) is 9.10 Å². The van der Waals surface area contributed by atoms with Crippen LogP contribution in [0.25, 0.3) is 0 Å². The third-order valence-electron chi connectivity index (χ3n) is 5.93. The molecule has 4 aromatic carbocycles. The second kappa shape index (κ2) is 12.8. The fourth-order valence-electron chi connectivity index (χ4n) is 3.93. The Morgan fingerprint density at radius 1 is 0.769 bits per heavy atom. The van der Waals surface area contributed by atoms with Crippen molar-refractivity contribution in [3.05, 3.63) is 114 Å². The van der Waals surface area contributed by atoms with E-state index in [0.717, 1.165) is 5.56 Å². The van der Waals surface area contributed by atoms with Crippen LogP contribution in [0.4, 0.5) is 5.69 Å². The number of carbonyl (C=O) groups excluding carboxylic acids is 1. The zero-order chi connectivity index (χ0) is 27.7. The van der Waals surface area contributed by atoms with Gasteiger partial charge in [0.05, 0.1) is 43.5 Å². The third-order valence-corrected chi connectivity index (χ3v) is 7.71. The van der Waals surface area contributed by atoms with Crippen LogP contribution in [0.1, 0.15) is 15.9 Å². The Balaban J connectivity index is 1.58. The molecule has 0 bridgehead atoms. The van der Waals surface area contributed by atoms with Gasteiger partial charge in [-0.05, 0) is 54.1 Å². The molecule has 0 saturated carbocycles. The highest BCUT2D eigenvalue weighted by molar-refractivity contribution is 7.92. The minimum absolute atomic E-state index is 0.0401.